The Labute approximate surface area is 146 Å². The summed E-state index contributed by atoms with van der Waals surface area (Å²) in [6, 6.07) is 8.01. The molecule has 1 atom stereocenters. The van der Waals surface area contributed by atoms with Gasteiger partial charge < -0.3 is 14.6 Å². The third-order valence-electron chi connectivity index (χ3n) is 4.43. The number of methoxy groups -OCH3 is 1. The van der Waals surface area contributed by atoms with E-state index in [2.05, 4.69) is 16.2 Å². The minimum absolute atomic E-state index is 0.0365. The molecule has 1 unspecified atom stereocenters. The summed E-state index contributed by atoms with van der Waals surface area (Å²) in [5.74, 6) is 2.50. The Balaban J connectivity index is 1.87. The fraction of sp³-hybridized carbons (Fsp3) is 0.444. The highest BCUT2D eigenvalue weighted by molar-refractivity contribution is 7.98. The summed E-state index contributed by atoms with van der Waals surface area (Å²) in [4.78, 5) is 22.7. The Kier molecular flexibility index (Phi) is 5.14. The summed E-state index contributed by atoms with van der Waals surface area (Å²) < 4.78 is 5.26. The molecule has 1 aliphatic heterocycles. The number of ether oxygens (including phenoxy) is 1. The van der Waals surface area contributed by atoms with Crippen LogP contribution in [0, 0.1) is 6.92 Å². The molecule has 0 saturated carbocycles. The minimum Gasteiger partial charge on any atom is -0.497 e. The molecule has 6 heteroatoms. The molecule has 128 valence electrons. The van der Waals surface area contributed by atoms with Crippen molar-refractivity contribution in [2.24, 2.45) is 0 Å². The van der Waals surface area contributed by atoms with Gasteiger partial charge in [-0.1, -0.05) is 12.1 Å². The molecule has 1 fully saturated rings. The number of nitrogens with one attached hydrogen (secondary N) is 1. The predicted octanol–water partition coefficient (Wildman–Crippen LogP) is 3.36. The van der Waals surface area contributed by atoms with Gasteiger partial charge in [-0.05, 0) is 38.2 Å². The Morgan fingerprint density at radius 1 is 1.50 bits per heavy atom. The van der Waals surface area contributed by atoms with Crippen LogP contribution in [-0.4, -0.2) is 52.5 Å². The molecular formula is C18H23N3O2S. The van der Waals surface area contributed by atoms with Crippen molar-refractivity contribution in [3.05, 3.63) is 35.7 Å². The van der Waals surface area contributed by atoms with Crippen LogP contribution >= 0.6 is 11.8 Å². The van der Waals surface area contributed by atoms with Gasteiger partial charge in [0.15, 0.2) is 0 Å². The normalized spacial score (nSPS) is 17.3. The van der Waals surface area contributed by atoms with Crippen LogP contribution in [0.1, 0.15) is 29.0 Å². The van der Waals surface area contributed by atoms with Crippen LogP contribution in [0.15, 0.2) is 24.3 Å². The van der Waals surface area contributed by atoms with Crippen LogP contribution in [0.2, 0.25) is 0 Å². The van der Waals surface area contributed by atoms with Crippen molar-refractivity contribution in [3.63, 3.8) is 0 Å². The molecule has 2 aromatic rings. The fourth-order valence-electron chi connectivity index (χ4n) is 3.18. The molecule has 24 heavy (non-hydrogen) atoms. The number of aromatic amines is 1. The topological polar surface area (TPSA) is 58.2 Å². The zero-order valence-corrected chi connectivity index (χ0v) is 15.2. The van der Waals surface area contributed by atoms with E-state index in [1.807, 2.05) is 36.1 Å². The minimum atomic E-state index is 0.0365. The molecule has 5 nitrogen and oxygen atoms in total. The van der Waals surface area contributed by atoms with Crippen molar-refractivity contribution in [3.8, 4) is 17.1 Å². The molecule has 1 aromatic carbocycles. The van der Waals surface area contributed by atoms with Gasteiger partial charge in [-0.15, -0.1) is 0 Å². The van der Waals surface area contributed by atoms with E-state index < -0.39 is 0 Å². The number of hydrogen-bond donors (Lipinski definition) is 1. The van der Waals surface area contributed by atoms with Crippen LogP contribution in [-0.2, 0) is 0 Å². The molecule has 1 amide bonds. The molecular weight excluding hydrogens is 322 g/mol. The SMILES string of the molecule is COc1cccc(-c2nc(C(=O)N3CCCC3CSC)c(C)[nH]2)c1. The Bertz CT molecular complexity index is 729. The van der Waals surface area contributed by atoms with E-state index in [1.165, 1.54) is 0 Å². The van der Waals surface area contributed by atoms with Crippen molar-refractivity contribution in [2.75, 3.05) is 25.7 Å². The van der Waals surface area contributed by atoms with Crippen LogP contribution in [0.4, 0.5) is 0 Å². The van der Waals surface area contributed by atoms with Crippen molar-refractivity contribution >= 4 is 17.7 Å². The van der Waals surface area contributed by atoms with E-state index in [-0.39, 0.29) is 5.91 Å². The Hall–Kier alpha value is -1.95. The monoisotopic (exact) mass is 345 g/mol. The lowest BCUT2D eigenvalue weighted by Crippen LogP contribution is -2.37. The highest BCUT2D eigenvalue weighted by atomic mass is 32.2. The lowest BCUT2D eigenvalue weighted by Gasteiger charge is -2.23. The number of rotatable bonds is 5. The molecule has 0 bridgehead atoms. The zero-order valence-electron chi connectivity index (χ0n) is 14.3. The summed E-state index contributed by atoms with van der Waals surface area (Å²) >= 11 is 1.79. The number of hydrogen-bond acceptors (Lipinski definition) is 4. The summed E-state index contributed by atoms with van der Waals surface area (Å²) in [6.07, 6.45) is 4.24. The first-order chi connectivity index (χ1) is 11.6. The van der Waals surface area contributed by atoms with Gasteiger partial charge >= 0.3 is 0 Å². The van der Waals surface area contributed by atoms with Crippen LogP contribution in [0.5, 0.6) is 5.75 Å². The second kappa shape index (κ2) is 7.30. The fourth-order valence-corrected chi connectivity index (χ4v) is 3.91. The number of carbonyl (C=O) groups is 1. The van der Waals surface area contributed by atoms with Crippen LogP contribution in [0.3, 0.4) is 0 Å². The summed E-state index contributed by atoms with van der Waals surface area (Å²) in [6.45, 7) is 2.73. The summed E-state index contributed by atoms with van der Waals surface area (Å²) in [5, 5.41) is 0. The van der Waals surface area contributed by atoms with Crippen molar-refractivity contribution in [1.29, 1.82) is 0 Å². The number of amides is 1. The van der Waals surface area contributed by atoms with Gasteiger partial charge in [-0.3, -0.25) is 4.79 Å². The molecule has 1 aromatic heterocycles. The van der Waals surface area contributed by atoms with Gasteiger partial charge in [0.2, 0.25) is 0 Å². The second-order valence-electron chi connectivity index (χ2n) is 6.04. The van der Waals surface area contributed by atoms with E-state index in [0.717, 1.165) is 42.1 Å². The number of likely N-dealkylation sites (tertiary alicyclic amines) is 1. The number of thioether (sulfide) groups is 1. The van der Waals surface area contributed by atoms with Crippen LogP contribution < -0.4 is 4.74 Å². The maximum atomic E-state index is 12.9. The molecule has 0 aliphatic carbocycles. The van der Waals surface area contributed by atoms with Crippen molar-refractivity contribution in [2.45, 2.75) is 25.8 Å². The van der Waals surface area contributed by atoms with E-state index in [9.17, 15) is 4.79 Å². The number of H-pyrrole nitrogens is 1. The van der Waals surface area contributed by atoms with E-state index in [1.54, 1.807) is 18.9 Å². The largest absolute Gasteiger partial charge is 0.497 e. The quantitative estimate of drug-likeness (QED) is 0.903. The van der Waals surface area contributed by atoms with Crippen molar-refractivity contribution < 1.29 is 9.53 Å². The molecule has 1 aliphatic rings. The standard InChI is InChI=1S/C18H23N3O2S/c1-12-16(18(22)21-9-5-7-14(21)11-24-3)20-17(19-12)13-6-4-8-15(10-13)23-2/h4,6,8,10,14H,5,7,9,11H2,1-3H3,(H,19,20). The predicted molar refractivity (Wildman–Crippen MR) is 97.8 cm³/mol. The second-order valence-corrected chi connectivity index (χ2v) is 6.95. The van der Waals surface area contributed by atoms with Gasteiger partial charge in [0.1, 0.15) is 17.3 Å². The smallest absolute Gasteiger partial charge is 0.274 e. The third kappa shape index (κ3) is 3.29. The maximum Gasteiger partial charge on any atom is 0.274 e. The Morgan fingerprint density at radius 3 is 3.08 bits per heavy atom. The number of aromatic nitrogens is 2. The first-order valence-electron chi connectivity index (χ1n) is 8.15. The lowest BCUT2D eigenvalue weighted by molar-refractivity contribution is 0.0744. The average Bonchev–Trinajstić information content (AvgIpc) is 3.21. The number of aryl methyl sites for hydroxylation is 1. The van der Waals surface area contributed by atoms with Gasteiger partial charge in [0.05, 0.1) is 7.11 Å². The number of imidazole rings is 1. The molecule has 0 spiro atoms. The van der Waals surface area contributed by atoms with E-state index in [0.29, 0.717) is 17.6 Å². The van der Waals surface area contributed by atoms with Gasteiger partial charge in [-0.2, -0.15) is 11.8 Å². The van der Waals surface area contributed by atoms with Crippen molar-refractivity contribution in [1.82, 2.24) is 14.9 Å². The average molecular weight is 345 g/mol. The third-order valence-corrected chi connectivity index (χ3v) is 5.15. The highest BCUT2D eigenvalue weighted by Crippen LogP contribution is 2.26. The van der Waals surface area contributed by atoms with Gasteiger partial charge in [0, 0.05) is 29.6 Å². The summed E-state index contributed by atoms with van der Waals surface area (Å²) in [7, 11) is 1.64. The molecule has 3 rings (SSSR count). The molecule has 2 heterocycles. The molecule has 1 saturated heterocycles. The first kappa shape index (κ1) is 16.9. The van der Waals surface area contributed by atoms with Gasteiger partial charge in [0.25, 0.3) is 5.91 Å². The molecule has 0 radical (unpaired) electrons. The lowest BCUT2D eigenvalue weighted by atomic mass is 10.2. The van der Waals surface area contributed by atoms with E-state index in [4.69, 9.17) is 4.74 Å². The first-order valence-corrected chi connectivity index (χ1v) is 9.54. The van der Waals surface area contributed by atoms with Crippen LogP contribution in [0.25, 0.3) is 11.4 Å². The highest BCUT2D eigenvalue weighted by Gasteiger charge is 2.31. The van der Waals surface area contributed by atoms with E-state index >= 15 is 0 Å². The van der Waals surface area contributed by atoms with Gasteiger partial charge in [-0.25, -0.2) is 4.98 Å². The summed E-state index contributed by atoms with van der Waals surface area (Å²) in [5.41, 5.74) is 2.26. The Morgan fingerprint density at radius 2 is 2.33 bits per heavy atom. The number of carbonyl (C=O) groups excluding carboxylic acids is 1. The number of benzene rings is 1. The maximum absolute atomic E-state index is 12.9. The number of nitrogens with zero attached hydrogens (tertiary/aromatic N) is 2. The molecule has 1 N–H and O–H groups in total. The zero-order chi connectivity index (χ0) is 17.1.